The van der Waals surface area contributed by atoms with Gasteiger partial charge in [-0.05, 0) is 43.2 Å². The van der Waals surface area contributed by atoms with E-state index in [4.69, 9.17) is 4.52 Å². The van der Waals surface area contributed by atoms with Crippen LogP contribution in [-0.2, 0) is 0 Å². The van der Waals surface area contributed by atoms with Crippen molar-refractivity contribution in [1.29, 1.82) is 0 Å². The van der Waals surface area contributed by atoms with Gasteiger partial charge in [0.15, 0.2) is 17.2 Å². The van der Waals surface area contributed by atoms with E-state index >= 15 is 0 Å². The summed E-state index contributed by atoms with van der Waals surface area (Å²) in [5.74, 6) is 1.40. The lowest BCUT2D eigenvalue weighted by Gasteiger charge is -2.13. The second-order valence-corrected chi connectivity index (χ2v) is 6.99. The molecule has 0 saturated carbocycles. The van der Waals surface area contributed by atoms with E-state index in [1.807, 2.05) is 30.5 Å². The molecular formula is C20H18N6O2. The summed E-state index contributed by atoms with van der Waals surface area (Å²) in [5.41, 5.74) is 3.28. The summed E-state index contributed by atoms with van der Waals surface area (Å²) in [7, 11) is 0. The van der Waals surface area contributed by atoms with E-state index in [1.165, 1.54) is 0 Å². The minimum Gasteiger partial charge on any atom is -0.361 e. The Hall–Kier alpha value is -3.55. The van der Waals surface area contributed by atoms with Crippen LogP contribution < -0.4 is 0 Å². The van der Waals surface area contributed by atoms with Gasteiger partial charge in [0.25, 0.3) is 5.91 Å². The number of hydrogen-bond donors (Lipinski definition) is 0. The Morgan fingerprint density at radius 2 is 2.04 bits per heavy atom. The minimum absolute atomic E-state index is 0.108. The number of carbonyl (C=O) groups is 1. The van der Waals surface area contributed by atoms with Gasteiger partial charge >= 0.3 is 0 Å². The van der Waals surface area contributed by atoms with E-state index < -0.39 is 0 Å². The predicted octanol–water partition coefficient (Wildman–Crippen LogP) is 2.72. The van der Waals surface area contributed by atoms with Crippen molar-refractivity contribution in [2.24, 2.45) is 0 Å². The van der Waals surface area contributed by atoms with Crippen LogP contribution in [0.1, 0.15) is 34.4 Å². The van der Waals surface area contributed by atoms with Crippen LogP contribution in [0.25, 0.3) is 16.8 Å². The summed E-state index contributed by atoms with van der Waals surface area (Å²) >= 11 is 0. The van der Waals surface area contributed by atoms with Crippen LogP contribution in [0.3, 0.4) is 0 Å². The van der Waals surface area contributed by atoms with Crippen molar-refractivity contribution in [3.05, 3.63) is 66.2 Å². The first-order chi connectivity index (χ1) is 13.7. The van der Waals surface area contributed by atoms with Crippen molar-refractivity contribution in [2.75, 3.05) is 13.1 Å². The molecule has 5 rings (SSSR count). The Balaban J connectivity index is 1.37. The van der Waals surface area contributed by atoms with Crippen molar-refractivity contribution in [2.45, 2.75) is 19.3 Å². The molecule has 0 unspecified atom stereocenters. The number of hydrogen-bond acceptors (Lipinski definition) is 6. The molecule has 5 heterocycles. The van der Waals surface area contributed by atoms with Gasteiger partial charge in [-0.3, -0.25) is 9.78 Å². The molecular weight excluding hydrogens is 356 g/mol. The van der Waals surface area contributed by atoms with Crippen molar-refractivity contribution < 1.29 is 9.32 Å². The van der Waals surface area contributed by atoms with Crippen molar-refractivity contribution in [3.8, 4) is 11.1 Å². The lowest BCUT2D eigenvalue weighted by Crippen LogP contribution is -2.28. The van der Waals surface area contributed by atoms with E-state index in [-0.39, 0.29) is 11.8 Å². The maximum atomic E-state index is 12.6. The third kappa shape index (κ3) is 2.92. The zero-order valence-electron chi connectivity index (χ0n) is 15.3. The standard InChI is InChI=1S/C20H18N6O2/c1-13-10-17(24-28-13)20(27)25-9-6-16(11-25)19-22-18-3-2-15(12-26(18)23-19)14-4-7-21-8-5-14/h2-5,7-8,10,12,16H,6,9,11H2,1H3/t16-/m1/s1. The molecule has 1 atom stereocenters. The average molecular weight is 374 g/mol. The molecule has 0 aromatic carbocycles. The number of pyridine rings is 2. The molecule has 4 aromatic rings. The predicted molar refractivity (Wildman–Crippen MR) is 101 cm³/mol. The van der Waals surface area contributed by atoms with Crippen LogP contribution in [0.15, 0.2) is 53.4 Å². The van der Waals surface area contributed by atoms with Gasteiger partial charge in [0, 0.05) is 49.2 Å². The summed E-state index contributed by atoms with van der Waals surface area (Å²) < 4.78 is 6.82. The smallest absolute Gasteiger partial charge is 0.276 e. The molecule has 0 aliphatic carbocycles. The molecule has 1 aliphatic heterocycles. The number of aromatic nitrogens is 5. The Morgan fingerprint density at radius 1 is 1.18 bits per heavy atom. The van der Waals surface area contributed by atoms with Crippen LogP contribution in [-0.4, -0.2) is 48.6 Å². The average Bonchev–Trinajstić information content (AvgIpc) is 3.46. The molecule has 1 amide bonds. The summed E-state index contributed by atoms with van der Waals surface area (Å²) in [6.45, 7) is 3.02. The Morgan fingerprint density at radius 3 is 2.82 bits per heavy atom. The molecule has 28 heavy (non-hydrogen) atoms. The molecule has 4 aromatic heterocycles. The fourth-order valence-corrected chi connectivity index (χ4v) is 3.57. The molecule has 140 valence electrons. The molecule has 1 aliphatic rings. The molecule has 0 bridgehead atoms. The number of rotatable bonds is 3. The summed E-state index contributed by atoms with van der Waals surface area (Å²) in [6, 6.07) is 9.58. The van der Waals surface area contributed by atoms with Gasteiger partial charge < -0.3 is 9.42 Å². The van der Waals surface area contributed by atoms with Gasteiger partial charge in [0.1, 0.15) is 5.76 Å². The molecule has 8 heteroatoms. The molecule has 0 radical (unpaired) electrons. The van der Waals surface area contributed by atoms with E-state index in [0.29, 0.717) is 24.5 Å². The monoisotopic (exact) mass is 374 g/mol. The van der Waals surface area contributed by atoms with Gasteiger partial charge in [0.05, 0.1) is 0 Å². The van der Waals surface area contributed by atoms with E-state index in [9.17, 15) is 4.79 Å². The van der Waals surface area contributed by atoms with Crippen molar-refractivity contribution in [1.82, 2.24) is 29.6 Å². The quantitative estimate of drug-likeness (QED) is 0.548. The molecule has 1 saturated heterocycles. The SMILES string of the molecule is Cc1cc(C(=O)N2CC[C@@H](c3nc4ccc(-c5ccncc5)cn4n3)C2)no1. The van der Waals surface area contributed by atoms with E-state index in [0.717, 1.165) is 29.0 Å². The van der Waals surface area contributed by atoms with E-state index in [1.54, 1.807) is 34.8 Å². The van der Waals surface area contributed by atoms with Crippen LogP contribution in [0.5, 0.6) is 0 Å². The van der Waals surface area contributed by atoms with Crippen LogP contribution in [0.2, 0.25) is 0 Å². The number of fused-ring (bicyclic) bond motifs is 1. The fourth-order valence-electron chi connectivity index (χ4n) is 3.57. The maximum Gasteiger partial charge on any atom is 0.276 e. The second kappa shape index (κ2) is 6.56. The van der Waals surface area contributed by atoms with Gasteiger partial charge in [-0.15, -0.1) is 0 Å². The van der Waals surface area contributed by atoms with Gasteiger partial charge in [-0.25, -0.2) is 9.50 Å². The van der Waals surface area contributed by atoms with E-state index in [2.05, 4.69) is 20.2 Å². The number of nitrogens with zero attached hydrogens (tertiary/aromatic N) is 6. The zero-order chi connectivity index (χ0) is 19.1. The largest absolute Gasteiger partial charge is 0.361 e. The third-order valence-corrected chi connectivity index (χ3v) is 5.05. The lowest BCUT2D eigenvalue weighted by molar-refractivity contribution is 0.0780. The Bertz CT molecular complexity index is 1150. The first-order valence-corrected chi connectivity index (χ1v) is 9.17. The fraction of sp³-hybridized carbons (Fsp3) is 0.250. The summed E-state index contributed by atoms with van der Waals surface area (Å²) in [6.07, 6.45) is 6.34. The molecule has 0 N–H and O–H groups in total. The maximum absolute atomic E-state index is 12.6. The number of likely N-dealkylation sites (tertiary alicyclic amines) is 1. The van der Waals surface area contributed by atoms with Crippen LogP contribution in [0, 0.1) is 6.92 Å². The Labute approximate surface area is 160 Å². The zero-order valence-corrected chi connectivity index (χ0v) is 15.3. The number of aryl methyl sites for hydroxylation is 1. The highest BCUT2D eigenvalue weighted by atomic mass is 16.5. The first-order valence-electron chi connectivity index (χ1n) is 9.17. The Kier molecular flexibility index (Phi) is 3.89. The highest BCUT2D eigenvalue weighted by molar-refractivity contribution is 5.92. The van der Waals surface area contributed by atoms with Gasteiger partial charge in [-0.1, -0.05) is 5.16 Å². The lowest BCUT2D eigenvalue weighted by atomic mass is 10.1. The highest BCUT2D eigenvalue weighted by Gasteiger charge is 2.31. The third-order valence-electron chi connectivity index (χ3n) is 5.05. The van der Waals surface area contributed by atoms with Crippen molar-refractivity contribution >= 4 is 11.6 Å². The first kappa shape index (κ1) is 16.6. The van der Waals surface area contributed by atoms with Crippen LogP contribution in [0.4, 0.5) is 0 Å². The van der Waals surface area contributed by atoms with Crippen molar-refractivity contribution in [3.63, 3.8) is 0 Å². The van der Waals surface area contributed by atoms with Gasteiger partial charge in [-0.2, -0.15) is 5.10 Å². The second-order valence-electron chi connectivity index (χ2n) is 6.99. The highest BCUT2D eigenvalue weighted by Crippen LogP contribution is 2.27. The molecule has 1 fully saturated rings. The molecule has 0 spiro atoms. The summed E-state index contributed by atoms with van der Waals surface area (Å²) in [5, 5.41) is 8.49. The van der Waals surface area contributed by atoms with Crippen LogP contribution >= 0.6 is 0 Å². The number of amides is 1. The minimum atomic E-state index is -0.108. The normalized spacial score (nSPS) is 16.8. The molecule has 8 nitrogen and oxygen atoms in total. The topological polar surface area (TPSA) is 89.4 Å². The van der Waals surface area contributed by atoms with Gasteiger partial charge in [0.2, 0.25) is 0 Å². The summed E-state index contributed by atoms with van der Waals surface area (Å²) in [4.78, 5) is 23.1. The number of carbonyl (C=O) groups excluding carboxylic acids is 1.